The first kappa shape index (κ1) is 19.3. The fraction of sp³-hybridized carbons (Fsp3) is 0.364. The summed E-state index contributed by atoms with van der Waals surface area (Å²) in [5.41, 5.74) is 3.64. The van der Waals surface area contributed by atoms with Gasteiger partial charge in [-0.25, -0.2) is 14.6 Å². The summed E-state index contributed by atoms with van der Waals surface area (Å²) in [5, 5.41) is 7.18. The van der Waals surface area contributed by atoms with Gasteiger partial charge < -0.3 is 5.32 Å². The number of likely N-dealkylation sites (tertiary alicyclic amines) is 1. The molecule has 1 fully saturated rings. The molecule has 1 aromatic carbocycles. The summed E-state index contributed by atoms with van der Waals surface area (Å²) < 4.78 is 1.62. The van der Waals surface area contributed by atoms with Crippen LogP contribution in [0.25, 0.3) is 5.82 Å². The third-order valence-corrected chi connectivity index (χ3v) is 5.21. The molecule has 0 aliphatic carbocycles. The number of aryl methyl sites for hydroxylation is 1. The van der Waals surface area contributed by atoms with Crippen LogP contribution in [-0.4, -0.2) is 43.6 Å². The zero-order chi connectivity index (χ0) is 20.1. The topological polar surface area (TPSA) is 75.9 Å². The Hall–Kier alpha value is -3.06. The normalized spacial score (nSPS) is 14.7. The largest absolute Gasteiger partial charge is 0.348 e. The van der Waals surface area contributed by atoms with Crippen molar-refractivity contribution in [2.24, 2.45) is 0 Å². The van der Waals surface area contributed by atoms with Crippen LogP contribution in [0.4, 0.5) is 0 Å². The molecule has 7 nitrogen and oxygen atoms in total. The van der Waals surface area contributed by atoms with Crippen molar-refractivity contribution in [1.82, 2.24) is 30.0 Å². The quantitative estimate of drug-likeness (QED) is 0.700. The third kappa shape index (κ3) is 4.86. The number of pyridine rings is 1. The smallest absolute Gasteiger partial charge is 0.251 e. The van der Waals surface area contributed by atoms with Crippen LogP contribution in [-0.2, 0) is 13.1 Å². The first-order chi connectivity index (χ1) is 14.2. The van der Waals surface area contributed by atoms with Crippen molar-refractivity contribution in [1.29, 1.82) is 0 Å². The molecule has 3 heterocycles. The van der Waals surface area contributed by atoms with Crippen molar-refractivity contribution in [2.75, 3.05) is 13.1 Å². The SMILES string of the molecule is Cc1ccc(CNC(=O)c2cccc(CN3CCCCC3)c2)c(-n2cncn2)n1. The number of piperidine rings is 1. The number of hydrogen-bond donors (Lipinski definition) is 1. The van der Waals surface area contributed by atoms with E-state index in [0.29, 0.717) is 17.9 Å². The van der Waals surface area contributed by atoms with Gasteiger partial charge >= 0.3 is 0 Å². The lowest BCUT2D eigenvalue weighted by atomic mass is 10.1. The number of benzene rings is 1. The molecule has 3 aromatic rings. The maximum Gasteiger partial charge on any atom is 0.251 e. The maximum atomic E-state index is 12.7. The molecule has 1 amide bonds. The van der Waals surface area contributed by atoms with Gasteiger partial charge in [-0.15, -0.1) is 0 Å². The number of rotatable bonds is 6. The Labute approximate surface area is 170 Å². The fourth-order valence-electron chi connectivity index (χ4n) is 3.69. The molecule has 0 radical (unpaired) electrons. The fourth-order valence-corrected chi connectivity index (χ4v) is 3.69. The molecule has 7 heteroatoms. The minimum atomic E-state index is -0.0874. The molecular weight excluding hydrogens is 364 g/mol. The summed E-state index contributed by atoms with van der Waals surface area (Å²) in [5.74, 6) is 0.595. The van der Waals surface area contributed by atoms with Crippen LogP contribution in [0.2, 0.25) is 0 Å². The van der Waals surface area contributed by atoms with E-state index in [1.807, 2.05) is 37.3 Å². The van der Waals surface area contributed by atoms with Crippen molar-refractivity contribution < 1.29 is 4.79 Å². The van der Waals surface area contributed by atoms with Crippen molar-refractivity contribution in [3.05, 3.63) is 71.4 Å². The van der Waals surface area contributed by atoms with Gasteiger partial charge in [-0.3, -0.25) is 9.69 Å². The summed E-state index contributed by atoms with van der Waals surface area (Å²) in [6.07, 6.45) is 6.93. The monoisotopic (exact) mass is 390 g/mol. The molecule has 1 saturated heterocycles. The molecule has 0 saturated carbocycles. The number of aromatic nitrogens is 4. The van der Waals surface area contributed by atoms with Crippen LogP contribution in [0.15, 0.2) is 49.1 Å². The van der Waals surface area contributed by atoms with Crippen LogP contribution < -0.4 is 5.32 Å². The molecular formula is C22H26N6O. The number of nitrogens with one attached hydrogen (secondary N) is 1. The molecule has 4 rings (SSSR count). The first-order valence-corrected chi connectivity index (χ1v) is 10.1. The molecule has 1 aliphatic rings. The van der Waals surface area contributed by atoms with E-state index >= 15 is 0 Å². The molecule has 1 aliphatic heterocycles. The minimum Gasteiger partial charge on any atom is -0.348 e. The lowest BCUT2D eigenvalue weighted by Crippen LogP contribution is -2.29. The molecule has 2 aromatic heterocycles. The summed E-state index contributed by atoms with van der Waals surface area (Å²) in [4.78, 5) is 23.7. The van der Waals surface area contributed by atoms with Gasteiger partial charge in [0.2, 0.25) is 0 Å². The minimum absolute atomic E-state index is 0.0874. The van der Waals surface area contributed by atoms with Gasteiger partial charge in [0.15, 0.2) is 5.82 Å². The first-order valence-electron chi connectivity index (χ1n) is 10.1. The van der Waals surface area contributed by atoms with E-state index in [1.165, 1.54) is 31.2 Å². The van der Waals surface area contributed by atoms with Crippen molar-refractivity contribution >= 4 is 5.91 Å². The summed E-state index contributed by atoms with van der Waals surface area (Å²) in [6.45, 7) is 5.48. The van der Waals surface area contributed by atoms with Gasteiger partial charge in [0.25, 0.3) is 5.91 Å². The third-order valence-electron chi connectivity index (χ3n) is 5.21. The molecule has 0 atom stereocenters. The van der Waals surface area contributed by atoms with Crippen molar-refractivity contribution in [2.45, 2.75) is 39.3 Å². The van der Waals surface area contributed by atoms with Crippen molar-refractivity contribution in [3.8, 4) is 5.82 Å². The van der Waals surface area contributed by atoms with E-state index < -0.39 is 0 Å². The average molecular weight is 390 g/mol. The van der Waals surface area contributed by atoms with E-state index in [-0.39, 0.29) is 5.91 Å². The number of amides is 1. The van der Waals surface area contributed by atoms with Gasteiger partial charge in [-0.1, -0.05) is 24.6 Å². The van der Waals surface area contributed by atoms with E-state index in [4.69, 9.17) is 0 Å². The number of hydrogen-bond acceptors (Lipinski definition) is 5. The second-order valence-electron chi connectivity index (χ2n) is 7.50. The highest BCUT2D eigenvalue weighted by Crippen LogP contribution is 2.15. The van der Waals surface area contributed by atoms with Crippen LogP contribution in [0.3, 0.4) is 0 Å². The highest BCUT2D eigenvalue weighted by atomic mass is 16.1. The molecule has 1 N–H and O–H groups in total. The lowest BCUT2D eigenvalue weighted by molar-refractivity contribution is 0.0950. The van der Waals surface area contributed by atoms with Gasteiger partial charge in [0.05, 0.1) is 0 Å². The standard InChI is InChI=1S/C22H26N6O/c1-17-8-9-20(21(26-17)28-16-23-15-25-28)13-24-22(29)19-7-5-6-18(12-19)14-27-10-3-2-4-11-27/h5-9,12,15-16H,2-4,10-11,13-14H2,1H3,(H,24,29). The molecule has 150 valence electrons. The zero-order valence-corrected chi connectivity index (χ0v) is 16.7. The Morgan fingerprint density at radius 3 is 2.79 bits per heavy atom. The molecule has 0 bridgehead atoms. The van der Waals surface area contributed by atoms with Crippen LogP contribution in [0.5, 0.6) is 0 Å². The molecule has 0 spiro atoms. The van der Waals surface area contributed by atoms with Crippen LogP contribution >= 0.6 is 0 Å². The van der Waals surface area contributed by atoms with Crippen molar-refractivity contribution in [3.63, 3.8) is 0 Å². The summed E-state index contributed by atoms with van der Waals surface area (Å²) >= 11 is 0. The second kappa shape index (κ2) is 8.96. The number of nitrogens with zero attached hydrogens (tertiary/aromatic N) is 5. The molecule has 29 heavy (non-hydrogen) atoms. The van der Waals surface area contributed by atoms with E-state index in [0.717, 1.165) is 30.9 Å². The zero-order valence-electron chi connectivity index (χ0n) is 16.7. The van der Waals surface area contributed by atoms with Gasteiger partial charge in [0.1, 0.15) is 12.7 Å². The molecule has 0 unspecified atom stereocenters. The predicted octanol–water partition coefficient (Wildman–Crippen LogP) is 2.89. The lowest BCUT2D eigenvalue weighted by Gasteiger charge is -2.26. The Morgan fingerprint density at radius 1 is 1.14 bits per heavy atom. The Morgan fingerprint density at radius 2 is 2.00 bits per heavy atom. The average Bonchev–Trinajstić information content (AvgIpc) is 3.28. The Balaban J connectivity index is 1.43. The van der Waals surface area contributed by atoms with Gasteiger partial charge in [0, 0.05) is 29.9 Å². The van der Waals surface area contributed by atoms with Gasteiger partial charge in [-0.2, -0.15) is 5.10 Å². The summed E-state index contributed by atoms with van der Waals surface area (Å²) in [6, 6.07) is 11.8. The van der Waals surface area contributed by atoms with Crippen LogP contribution in [0.1, 0.15) is 46.4 Å². The van der Waals surface area contributed by atoms with Crippen LogP contribution in [0, 0.1) is 6.92 Å². The highest BCUT2D eigenvalue weighted by molar-refractivity contribution is 5.94. The van der Waals surface area contributed by atoms with Gasteiger partial charge in [-0.05, 0) is 56.6 Å². The Kier molecular flexibility index (Phi) is 5.95. The summed E-state index contributed by atoms with van der Waals surface area (Å²) in [7, 11) is 0. The number of carbonyl (C=O) groups excluding carboxylic acids is 1. The Bertz CT molecular complexity index is 963. The number of carbonyl (C=O) groups is 1. The van der Waals surface area contributed by atoms with E-state index in [2.05, 4.69) is 31.3 Å². The van der Waals surface area contributed by atoms with E-state index in [1.54, 1.807) is 11.0 Å². The highest BCUT2D eigenvalue weighted by Gasteiger charge is 2.13. The van der Waals surface area contributed by atoms with E-state index in [9.17, 15) is 4.79 Å². The maximum absolute atomic E-state index is 12.7. The predicted molar refractivity (Wildman–Crippen MR) is 111 cm³/mol. The second-order valence-corrected chi connectivity index (χ2v) is 7.50.